The zero-order valence-electron chi connectivity index (χ0n) is 12.2. The number of aliphatic hydroxyl groups is 1. The summed E-state index contributed by atoms with van der Waals surface area (Å²) in [6, 6.07) is 5.75. The van der Waals surface area contributed by atoms with Crippen molar-refractivity contribution in [1.82, 2.24) is 5.32 Å². The number of fused-ring (bicyclic) bond motifs is 1. The van der Waals surface area contributed by atoms with Crippen LogP contribution in [0.5, 0.6) is 0 Å². The summed E-state index contributed by atoms with van der Waals surface area (Å²) in [6.07, 6.45) is 0.679. The number of hydrogen-bond acceptors (Lipinski definition) is 3. The first kappa shape index (κ1) is 14.6. The van der Waals surface area contributed by atoms with Crippen LogP contribution in [0, 0.1) is 19.8 Å². The van der Waals surface area contributed by atoms with Crippen molar-refractivity contribution < 1.29 is 14.3 Å². The fourth-order valence-electron chi connectivity index (χ4n) is 2.09. The maximum absolute atomic E-state index is 12.0. The molecule has 1 heterocycles. The van der Waals surface area contributed by atoms with Crippen LogP contribution in [0.1, 0.15) is 35.0 Å². The summed E-state index contributed by atoms with van der Waals surface area (Å²) in [6.45, 7) is 6.72. The second kappa shape index (κ2) is 6.09. The van der Waals surface area contributed by atoms with Crippen molar-refractivity contribution in [1.29, 1.82) is 0 Å². The molecule has 0 bridgehead atoms. The first-order valence-corrected chi connectivity index (χ1v) is 6.91. The second-order valence-electron chi connectivity index (χ2n) is 5.41. The number of rotatable bonds is 5. The number of benzene rings is 1. The van der Waals surface area contributed by atoms with Gasteiger partial charge in [0.25, 0.3) is 5.91 Å². The van der Waals surface area contributed by atoms with Gasteiger partial charge in [-0.3, -0.25) is 4.79 Å². The van der Waals surface area contributed by atoms with Gasteiger partial charge in [-0.25, -0.2) is 0 Å². The lowest BCUT2D eigenvalue weighted by atomic mass is 10.1. The lowest BCUT2D eigenvalue weighted by Gasteiger charge is -2.09. The molecule has 0 radical (unpaired) electrons. The van der Waals surface area contributed by atoms with E-state index in [4.69, 9.17) is 9.52 Å². The molecular weight excluding hydrogens is 254 g/mol. The van der Waals surface area contributed by atoms with E-state index in [-0.39, 0.29) is 18.4 Å². The Morgan fingerprint density at radius 3 is 2.70 bits per heavy atom. The van der Waals surface area contributed by atoms with Crippen LogP contribution in [0.2, 0.25) is 0 Å². The average molecular weight is 275 g/mol. The number of aryl methyl sites for hydroxylation is 2. The van der Waals surface area contributed by atoms with Crippen molar-refractivity contribution in [2.45, 2.75) is 27.2 Å². The van der Waals surface area contributed by atoms with Crippen molar-refractivity contribution >= 4 is 16.9 Å². The summed E-state index contributed by atoms with van der Waals surface area (Å²) in [5.74, 6) is 0.375. The number of aliphatic hydroxyl groups excluding tert-OH is 1. The van der Waals surface area contributed by atoms with Crippen LogP contribution in [0.3, 0.4) is 0 Å². The fraction of sp³-hybridized carbons (Fsp3) is 0.438. The molecule has 0 saturated heterocycles. The van der Waals surface area contributed by atoms with Gasteiger partial charge in [0.15, 0.2) is 5.76 Å². The van der Waals surface area contributed by atoms with Gasteiger partial charge in [0.05, 0.1) is 0 Å². The Labute approximate surface area is 118 Å². The topological polar surface area (TPSA) is 62.5 Å². The Kier molecular flexibility index (Phi) is 4.45. The maximum atomic E-state index is 12.0. The molecule has 2 N–H and O–H groups in total. The molecule has 0 aliphatic rings. The van der Waals surface area contributed by atoms with Gasteiger partial charge in [-0.15, -0.1) is 0 Å². The summed E-state index contributed by atoms with van der Waals surface area (Å²) in [7, 11) is 0. The highest BCUT2D eigenvalue weighted by Gasteiger charge is 2.13. The molecule has 4 heteroatoms. The fourth-order valence-corrected chi connectivity index (χ4v) is 2.09. The summed E-state index contributed by atoms with van der Waals surface area (Å²) < 4.78 is 5.60. The summed E-state index contributed by atoms with van der Waals surface area (Å²) >= 11 is 0. The van der Waals surface area contributed by atoms with Crippen molar-refractivity contribution in [2.75, 3.05) is 13.2 Å². The van der Waals surface area contributed by atoms with E-state index in [0.717, 1.165) is 16.5 Å². The first-order chi connectivity index (χ1) is 9.51. The van der Waals surface area contributed by atoms with Crippen LogP contribution in [0.15, 0.2) is 22.6 Å². The minimum atomic E-state index is -0.207. The zero-order valence-corrected chi connectivity index (χ0v) is 12.2. The molecule has 2 aromatic rings. The second-order valence-corrected chi connectivity index (χ2v) is 5.41. The van der Waals surface area contributed by atoms with Crippen LogP contribution in [-0.2, 0) is 0 Å². The molecule has 0 aliphatic carbocycles. The largest absolute Gasteiger partial charge is 0.451 e. The van der Waals surface area contributed by atoms with E-state index < -0.39 is 0 Å². The van der Waals surface area contributed by atoms with Crippen LogP contribution < -0.4 is 5.32 Å². The minimum absolute atomic E-state index is 0.139. The van der Waals surface area contributed by atoms with E-state index in [1.54, 1.807) is 6.07 Å². The summed E-state index contributed by atoms with van der Waals surface area (Å²) in [5.41, 5.74) is 3.07. The molecule has 0 spiro atoms. The maximum Gasteiger partial charge on any atom is 0.287 e. The zero-order chi connectivity index (χ0) is 14.7. The Morgan fingerprint density at radius 1 is 1.30 bits per heavy atom. The molecule has 1 atom stereocenters. The number of amides is 1. The van der Waals surface area contributed by atoms with Crippen molar-refractivity contribution in [3.05, 3.63) is 35.1 Å². The monoisotopic (exact) mass is 275 g/mol. The lowest BCUT2D eigenvalue weighted by molar-refractivity contribution is 0.0920. The molecule has 0 saturated carbocycles. The van der Waals surface area contributed by atoms with Crippen molar-refractivity contribution in [2.24, 2.45) is 5.92 Å². The van der Waals surface area contributed by atoms with Gasteiger partial charge < -0.3 is 14.8 Å². The predicted molar refractivity (Wildman–Crippen MR) is 78.9 cm³/mol. The van der Waals surface area contributed by atoms with Crippen LogP contribution >= 0.6 is 0 Å². The van der Waals surface area contributed by atoms with Crippen molar-refractivity contribution in [3.63, 3.8) is 0 Å². The number of carbonyl (C=O) groups is 1. The van der Waals surface area contributed by atoms with E-state index in [2.05, 4.69) is 5.32 Å². The number of hydrogen-bond donors (Lipinski definition) is 2. The van der Waals surface area contributed by atoms with E-state index in [1.807, 2.05) is 32.9 Å². The van der Waals surface area contributed by atoms with Gasteiger partial charge >= 0.3 is 0 Å². The molecule has 1 aromatic heterocycles. The smallest absolute Gasteiger partial charge is 0.287 e. The SMILES string of the molecule is Cc1cc2cc(C(=O)NCC(C)CCO)oc2cc1C. The standard InChI is InChI=1S/C16H21NO3/c1-10(4-5-18)9-17-16(19)15-8-13-6-11(2)12(3)7-14(13)20-15/h6-8,10,18H,4-5,9H2,1-3H3,(H,17,19). The Balaban J connectivity index is 2.10. The van der Waals surface area contributed by atoms with Gasteiger partial charge in [-0.05, 0) is 55.5 Å². The number of furan rings is 1. The van der Waals surface area contributed by atoms with Gasteiger partial charge in [0, 0.05) is 18.5 Å². The Morgan fingerprint density at radius 2 is 2.00 bits per heavy atom. The Hall–Kier alpha value is -1.81. The van der Waals surface area contributed by atoms with Crippen LogP contribution in [0.4, 0.5) is 0 Å². The third-order valence-electron chi connectivity index (χ3n) is 3.59. The summed E-state index contributed by atoms with van der Waals surface area (Å²) in [5, 5.41) is 12.6. The molecule has 4 nitrogen and oxygen atoms in total. The average Bonchev–Trinajstić information content (AvgIpc) is 2.80. The van der Waals surface area contributed by atoms with E-state index in [0.29, 0.717) is 18.7 Å². The minimum Gasteiger partial charge on any atom is -0.451 e. The molecule has 1 aromatic carbocycles. The molecule has 1 unspecified atom stereocenters. The quantitative estimate of drug-likeness (QED) is 0.882. The van der Waals surface area contributed by atoms with E-state index in [1.165, 1.54) is 5.56 Å². The van der Waals surface area contributed by atoms with Crippen LogP contribution in [0.25, 0.3) is 11.0 Å². The van der Waals surface area contributed by atoms with E-state index in [9.17, 15) is 4.79 Å². The van der Waals surface area contributed by atoms with Crippen LogP contribution in [-0.4, -0.2) is 24.2 Å². The number of carbonyl (C=O) groups excluding carboxylic acids is 1. The van der Waals surface area contributed by atoms with Gasteiger partial charge in [0.2, 0.25) is 0 Å². The summed E-state index contributed by atoms with van der Waals surface area (Å²) in [4.78, 5) is 12.0. The molecule has 1 amide bonds. The third kappa shape index (κ3) is 3.20. The van der Waals surface area contributed by atoms with Gasteiger partial charge in [0.1, 0.15) is 5.58 Å². The molecule has 0 fully saturated rings. The highest BCUT2D eigenvalue weighted by Crippen LogP contribution is 2.23. The first-order valence-electron chi connectivity index (χ1n) is 6.91. The van der Waals surface area contributed by atoms with Gasteiger partial charge in [-0.1, -0.05) is 6.92 Å². The molecule has 0 aliphatic heterocycles. The van der Waals surface area contributed by atoms with Crippen molar-refractivity contribution in [3.8, 4) is 0 Å². The molecule has 108 valence electrons. The highest BCUT2D eigenvalue weighted by molar-refractivity contribution is 5.96. The normalized spacial score (nSPS) is 12.6. The van der Waals surface area contributed by atoms with E-state index >= 15 is 0 Å². The van der Waals surface area contributed by atoms with Gasteiger partial charge in [-0.2, -0.15) is 0 Å². The Bertz CT molecular complexity index is 576. The lowest BCUT2D eigenvalue weighted by Crippen LogP contribution is -2.28. The predicted octanol–water partition coefficient (Wildman–Crippen LogP) is 2.80. The highest BCUT2D eigenvalue weighted by atomic mass is 16.3. The molecular formula is C16H21NO3. The molecule has 2 rings (SSSR count). The molecule has 20 heavy (non-hydrogen) atoms. The number of nitrogens with one attached hydrogen (secondary N) is 1. The third-order valence-corrected chi connectivity index (χ3v) is 3.59.